The number of carbonyl (C=O) groups is 1. The van der Waals surface area contributed by atoms with Crippen molar-refractivity contribution in [3.8, 4) is 17.2 Å². The standard InChI is InChI=1S/C19H22ClNO7S/c1-5-28-19(22)12-21(15-10-13(20)6-8-16(15)25-2)29(23,24)14-7-9-17(26-3)18(11-14)27-4/h6-11H,5,12H2,1-4H3. The van der Waals surface area contributed by atoms with E-state index in [4.69, 9.17) is 30.5 Å². The molecule has 0 bridgehead atoms. The highest BCUT2D eigenvalue weighted by Gasteiger charge is 2.31. The van der Waals surface area contributed by atoms with Crippen LogP contribution in [0.3, 0.4) is 0 Å². The molecule has 0 unspecified atom stereocenters. The smallest absolute Gasteiger partial charge is 0.326 e. The zero-order valence-electron chi connectivity index (χ0n) is 16.5. The van der Waals surface area contributed by atoms with Crippen LogP contribution in [0.4, 0.5) is 5.69 Å². The van der Waals surface area contributed by atoms with E-state index in [1.807, 2.05) is 0 Å². The maximum Gasteiger partial charge on any atom is 0.326 e. The van der Waals surface area contributed by atoms with Gasteiger partial charge in [0.15, 0.2) is 11.5 Å². The number of sulfonamides is 1. The summed E-state index contributed by atoms with van der Waals surface area (Å²) in [4.78, 5) is 12.1. The molecule has 0 aliphatic heterocycles. The molecule has 0 fully saturated rings. The molecular weight excluding hydrogens is 422 g/mol. The summed E-state index contributed by atoms with van der Waals surface area (Å²) in [6.45, 7) is 1.17. The van der Waals surface area contributed by atoms with E-state index >= 15 is 0 Å². The molecule has 2 aromatic carbocycles. The highest BCUT2D eigenvalue weighted by Crippen LogP contribution is 2.37. The molecule has 0 saturated heterocycles. The van der Waals surface area contributed by atoms with Gasteiger partial charge in [-0.25, -0.2) is 8.42 Å². The Labute approximate surface area is 174 Å². The van der Waals surface area contributed by atoms with Gasteiger partial charge in [-0.05, 0) is 37.3 Å². The van der Waals surface area contributed by atoms with E-state index in [0.29, 0.717) is 5.75 Å². The molecule has 158 valence electrons. The molecule has 0 N–H and O–H groups in total. The van der Waals surface area contributed by atoms with Crippen molar-refractivity contribution in [2.24, 2.45) is 0 Å². The molecule has 0 radical (unpaired) electrons. The fourth-order valence-electron chi connectivity index (χ4n) is 2.59. The van der Waals surface area contributed by atoms with Gasteiger partial charge in [0.2, 0.25) is 0 Å². The zero-order chi connectivity index (χ0) is 21.6. The fraction of sp³-hybridized carbons (Fsp3) is 0.316. The van der Waals surface area contributed by atoms with E-state index in [1.54, 1.807) is 13.0 Å². The Bertz CT molecular complexity index is 979. The summed E-state index contributed by atoms with van der Waals surface area (Å²) >= 11 is 6.07. The average molecular weight is 444 g/mol. The molecule has 10 heteroatoms. The van der Waals surface area contributed by atoms with Crippen LogP contribution in [0.25, 0.3) is 0 Å². The normalized spacial score (nSPS) is 10.9. The number of esters is 1. The summed E-state index contributed by atoms with van der Waals surface area (Å²) in [5.74, 6) is 0.0905. The van der Waals surface area contributed by atoms with Gasteiger partial charge in [0.25, 0.3) is 10.0 Å². The molecule has 0 spiro atoms. The zero-order valence-corrected chi connectivity index (χ0v) is 18.0. The second kappa shape index (κ2) is 9.71. The molecule has 0 aliphatic carbocycles. The third kappa shape index (κ3) is 5.04. The lowest BCUT2D eigenvalue weighted by Crippen LogP contribution is -2.37. The molecule has 29 heavy (non-hydrogen) atoms. The third-order valence-corrected chi connectivity index (χ3v) is 5.92. The van der Waals surface area contributed by atoms with Crippen molar-refractivity contribution >= 4 is 33.3 Å². The van der Waals surface area contributed by atoms with E-state index in [2.05, 4.69) is 0 Å². The van der Waals surface area contributed by atoms with Crippen molar-refractivity contribution < 1.29 is 32.2 Å². The Morgan fingerprint density at radius 2 is 1.59 bits per heavy atom. The summed E-state index contributed by atoms with van der Waals surface area (Å²) in [7, 11) is 0.00497. The quantitative estimate of drug-likeness (QED) is 0.550. The SMILES string of the molecule is CCOC(=O)CN(c1cc(Cl)ccc1OC)S(=O)(=O)c1ccc(OC)c(OC)c1. The Morgan fingerprint density at radius 3 is 2.17 bits per heavy atom. The Morgan fingerprint density at radius 1 is 0.966 bits per heavy atom. The van der Waals surface area contributed by atoms with Crippen molar-refractivity contribution in [2.75, 3.05) is 38.8 Å². The van der Waals surface area contributed by atoms with Crippen LogP contribution in [0.15, 0.2) is 41.3 Å². The van der Waals surface area contributed by atoms with Crippen LogP contribution in [0.2, 0.25) is 5.02 Å². The number of hydrogen-bond acceptors (Lipinski definition) is 7. The van der Waals surface area contributed by atoms with E-state index in [9.17, 15) is 13.2 Å². The van der Waals surface area contributed by atoms with Crippen molar-refractivity contribution in [3.05, 3.63) is 41.4 Å². The molecule has 0 saturated carbocycles. The monoisotopic (exact) mass is 443 g/mol. The van der Waals surface area contributed by atoms with Crippen molar-refractivity contribution in [3.63, 3.8) is 0 Å². The largest absolute Gasteiger partial charge is 0.495 e. The number of ether oxygens (including phenoxy) is 4. The Balaban J connectivity index is 2.64. The van der Waals surface area contributed by atoms with Gasteiger partial charge in [-0.1, -0.05) is 11.6 Å². The van der Waals surface area contributed by atoms with E-state index in [0.717, 1.165) is 4.31 Å². The first-order chi connectivity index (χ1) is 13.8. The van der Waals surface area contributed by atoms with Crippen LogP contribution in [0.5, 0.6) is 17.2 Å². The van der Waals surface area contributed by atoms with Crippen molar-refractivity contribution in [2.45, 2.75) is 11.8 Å². The maximum absolute atomic E-state index is 13.4. The van der Waals surface area contributed by atoms with Crippen LogP contribution in [-0.2, 0) is 19.6 Å². The molecule has 0 atom stereocenters. The first-order valence-electron chi connectivity index (χ1n) is 8.52. The number of rotatable bonds is 9. The highest BCUT2D eigenvalue weighted by molar-refractivity contribution is 7.92. The van der Waals surface area contributed by atoms with E-state index in [1.165, 1.54) is 51.7 Å². The van der Waals surface area contributed by atoms with Crippen LogP contribution in [0, 0.1) is 0 Å². The Hall–Kier alpha value is -2.65. The van der Waals surface area contributed by atoms with Crippen LogP contribution < -0.4 is 18.5 Å². The minimum Gasteiger partial charge on any atom is -0.495 e. The number of hydrogen-bond donors (Lipinski definition) is 0. The average Bonchev–Trinajstić information content (AvgIpc) is 2.71. The fourth-order valence-corrected chi connectivity index (χ4v) is 4.18. The molecule has 0 heterocycles. The minimum absolute atomic E-state index is 0.0998. The van der Waals surface area contributed by atoms with Gasteiger partial charge in [0, 0.05) is 11.1 Å². The second-order valence-corrected chi connectivity index (χ2v) is 7.95. The third-order valence-electron chi connectivity index (χ3n) is 3.93. The lowest BCUT2D eigenvalue weighted by Gasteiger charge is -2.25. The first kappa shape index (κ1) is 22.6. The predicted molar refractivity (Wildman–Crippen MR) is 109 cm³/mol. The van der Waals surface area contributed by atoms with Crippen LogP contribution in [-0.4, -0.2) is 48.9 Å². The van der Waals surface area contributed by atoms with Gasteiger partial charge in [0.05, 0.1) is 38.5 Å². The van der Waals surface area contributed by atoms with Crippen LogP contribution >= 0.6 is 11.6 Å². The molecule has 0 amide bonds. The van der Waals surface area contributed by atoms with Gasteiger partial charge in [-0.3, -0.25) is 9.10 Å². The van der Waals surface area contributed by atoms with Gasteiger partial charge in [-0.15, -0.1) is 0 Å². The molecule has 2 aromatic rings. The van der Waals surface area contributed by atoms with Gasteiger partial charge in [0.1, 0.15) is 12.3 Å². The summed E-state index contributed by atoms with van der Waals surface area (Å²) in [5.41, 5.74) is 0.0998. The van der Waals surface area contributed by atoms with Crippen molar-refractivity contribution in [1.29, 1.82) is 0 Å². The molecule has 8 nitrogen and oxygen atoms in total. The first-order valence-corrected chi connectivity index (χ1v) is 10.3. The van der Waals surface area contributed by atoms with E-state index in [-0.39, 0.29) is 33.7 Å². The predicted octanol–water partition coefficient (Wildman–Crippen LogP) is 3.12. The number of halogens is 1. The number of benzene rings is 2. The number of carbonyl (C=O) groups excluding carboxylic acids is 1. The van der Waals surface area contributed by atoms with Gasteiger partial charge in [-0.2, -0.15) is 0 Å². The van der Waals surface area contributed by atoms with Gasteiger partial charge < -0.3 is 18.9 Å². The molecule has 2 rings (SSSR count). The number of anilines is 1. The lowest BCUT2D eigenvalue weighted by atomic mass is 10.3. The van der Waals surface area contributed by atoms with E-state index < -0.39 is 22.5 Å². The maximum atomic E-state index is 13.4. The summed E-state index contributed by atoms with van der Waals surface area (Å²) < 4.78 is 48.3. The Kier molecular flexibility index (Phi) is 7.58. The van der Waals surface area contributed by atoms with Crippen LogP contribution in [0.1, 0.15) is 6.92 Å². The summed E-state index contributed by atoms with van der Waals surface area (Å²) in [6.07, 6.45) is 0. The number of nitrogens with zero attached hydrogens (tertiary/aromatic N) is 1. The lowest BCUT2D eigenvalue weighted by molar-refractivity contribution is -0.141. The highest BCUT2D eigenvalue weighted by atomic mass is 35.5. The number of methoxy groups -OCH3 is 3. The minimum atomic E-state index is -4.22. The molecular formula is C19H22ClNO7S. The topological polar surface area (TPSA) is 91.4 Å². The molecule has 0 aromatic heterocycles. The second-order valence-electron chi connectivity index (χ2n) is 5.65. The summed E-state index contributed by atoms with van der Waals surface area (Å²) in [5, 5.41) is 0.275. The summed E-state index contributed by atoms with van der Waals surface area (Å²) in [6, 6.07) is 8.59. The molecule has 0 aliphatic rings. The van der Waals surface area contributed by atoms with Crippen molar-refractivity contribution in [1.82, 2.24) is 0 Å². The van der Waals surface area contributed by atoms with Gasteiger partial charge >= 0.3 is 5.97 Å².